The first kappa shape index (κ1) is 10.2. The SMILES string of the molecule is C=C(C)CNCc1ccc(Cl)nc1. The van der Waals surface area contributed by atoms with Crippen LogP contribution < -0.4 is 5.32 Å². The topological polar surface area (TPSA) is 24.9 Å². The van der Waals surface area contributed by atoms with Gasteiger partial charge in [-0.25, -0.2) is 4.98 Å². The third-order valence-electron chi connectivity index (χ3n) is 1.54. The van der Waals surface area contributed by atoms with Gasteiger partial charge < -0.3 is 5.32 Å². The second-order valence-electron chi connectivity index (χ2n) is 3.05. The minimum atomic E-state index is 0.531. The number of pyridine rings is 1. The Morgan fingerprint density at radius 1 is 1.62 bits per heavy atom. The van der Waals surface area contributed by atoms with E-state index in [9.17, 15) is 0 Å². The van der Waals surface area contributed by atoms with Crippen LogP contribution in [0.25, 0.3) is 0 Å². The van der Waals surface area contributed by atoms with Crippen LogP contribution in [0.15, 0.2) is 30.5 Å². The van der Waals surface area contributed by atoms with Gasteiger partial charge >= 0.3 is 0 Å². The molecule has 0 unspecified atom stereocenters. The van der Waals surface area contributed by atoms with Crippen molar-refractivity contribution in [2.24, 2.45) is 0 Å². The standard InChI is InChI=1S/C10H13ClN2/c1-8(2)5-12-6-9-3-4-10(11)13-7-9/h3-4,7,12H,1,5-6H2,2H3. The minimum absolute atomic E-state index is 0.531. The van der Waals surface area contributed by atoms with Gasteiger partial charge in [-0.3, -0.25) is 0 Å². The summed E-state index contributed by atoms with van der Waals surface area (Å²) in [6.07, 6.45) is 1.77. The molecular formula is C10H13ClN2. The smallest absolute Gasteiger partial charge is 0.129 e. The molecule has 1 aromatic heterocycles. The Labute approximate surface area is 83.6 Å². The highest BCUT2D eigenvalue weighted by Gasteiger charge is 1.93. The van der Waals surface area contributed by atoms with Crippen molar-refractivity contribution in [1.29, 1.82) is 0 Å². The Bertz CT molecular complexity index is 279. The van der Waals surface area contributed by atoms with E-state index in [1.54, 1.807) is 12.3 Å². The number of hydrogen-bond donors (Lipinski definition) is 1. The molecule has 1 aromatic rings. The Kier molecular flexibility index (Phi) is 3.93. The van der Waals surface area contributed by atoms with E-state index in [1.807, 2.05) is 13.0 Å². The van der Waals surface area contributed by atoms with E-state index in [2.05, 4.69) is 16.9 Å². The Morgan fingerprint density at radius 2 is 2.38 bits per heavy atom. The molecule has 0 aliphatic carbocycles. The second-order valence-corrected chi connectivity index (χ2v) is 3.44. The van der Waals surface area contributed by atoms with Crippen LogP contribution >= 0.6 is 11.6 Å². The van der Waals surface area contributed by atoms with Gasteiger partial charge in [0.25, 0.3) is 0 Å². The molecule has 1 N–H and O–H groups in total. The number of nitrogens with one attached hydrogen (secondary N) is 1. The van der Waals surface area contributed by atoms with E-state index in [0.717, 1.165) is 24.2 Å². The summed E-state index contributed by atoms with van der Waals surface area (Å²) in [5.41, 5.74) is 2.26. The predicted octanol–water partition coefficient (Wildman–Crippen LogP) is 2.40. The Hall–Kier alpha value is -0.860. The highest BCUT2D eigenvalue weighted by Crippen LogP contribution is 2.04. The van der Waals surface area contributed by atoms with E-state index in [0.29, 0.717) is 5.15 Å². The summed E-state index contributed by atoms with van der Waals surface area (Å²) < 4.78 is 0. The summed E-state index contributed by atoms with van der Waals surface area (Å²) in [4.78, 5) is 3.98. The first-order chi connectivity index (χ1) is 6.18. The van der Waals surface area contributed by atoms with Crippen LogP contribution in [0.1, 0.15) is 12.5 Å². The number of hydrogen-bond acceptors (Lipinski definition) is 2. The van der Waals surface area contributed by atoms with Crippen LogP contribution in [-0.4, -0.2) is 11.5 Å². The Morgan fingerprint density at radius 3 is 2.92 bits per heavy atom. The van der Waals surface area contributed by atoms with Crippen molar-refractivity contribution in [3.8, 4) is 0 Å². The third kappa shape index (κ3) is 4.06. The fraction of sp³-hybridized carbons (Fsp3) is 0.300. The van der Waals surface area contributed by atoms with Crippen molar-refractivity contribution in [1.82, 2.24) is 10.3 Å². The van der Waals surface area contributed by atoms with Gasteiger partial charge in [-0.1, -0.05) is 29.8 Å². The van der Waals surface area contributed by atoms with Crippen LogP contribution in [0.5, 0.6) is 0 Å². The zero-order valence-electron chi connectivity index (χ0n) is 7.68. The molecule has 13 heavy (non-hydrogen) atoms. The summed E-state index contributed by atoms with van der Waals surface area (Å²) in [5.74, 6) is 0. The van der Waals surface area contributed by atoms with Gasteiger partial charge in [0.1, 0.15) is 5.15 Å². The predicted molar refractivity (Wildman–Crippen MR) is 55.8 cm³/mol. The summed E-state index contributed by atoms with van der Waals surface area (Å²) in [5, 5.41) is 3.77. The van der Waals surface area contributed by atoms with E-state index in [4.69, 9.17) is 11.6 Å². The quantitative estimate of drug-likeness (QED) is 0.591. The lowest BCUT2D eigenvalue weighted by Gasteiger charge is -2.03. The third-order valence-corrected chi connectivity index (χ3v) is 1.77. The molecule has 0 spiro atoms. The highest BCUT2D eigenvalue weighted by molar-refractivity contribution is 6.29. The first-order valence-corrected chi connectivity index (χ1v) is 4.52. The second kappa shape index (κ2) is 5.00. The zero-order valence-corrected chi connectivity index (χ0v) is 8.43. The average molecular weight is 197 g/mol. The molecule has 70 valence electrons. The van der Waals surface area contributed by atoms with Crippen molar-refractivity contribution in [2.75, 3.05) is 6.54 Å². The van der Waals surface area contributed by atoms with Crippen LogP contribution in [0, 0.1) is 0 Å². The molecule has 0 atom stereocenters. The van der Waals surface area contributed by atoms with Gasteiger partial charge in [-0.05, 0) is 18.6 Å². The molecule has 0 aliphatic rings. The largest absolute Gasteiger partial charge is 0.309 e. The van der Waals surface area contributed by atoms with E-state index < -0.39 is 0 Å². The molecule has 1 rings (SSSR count). The fourth-order valence-corrected chi connectivity index (χ4v) is 1.04. The number of rotatable bonds is 4. The van der Waals surface area contributed by atoms with Gasteiger partial charge in [0.15, 0.2) is 0 Å². The fourth-order valence-electron chi connectivity index (χ4n) is 0.931. The monoisotopic (exact) mass is 196 g/mol. The zero-order chi connectivity index (χ0) is 9.68. The minimum Gasteiger partial charge on any atom is -0.309 e. The average Bonchev–Trinajstić information content (AvgIpc) is 2.08. The van der Waals surface area contributed by atoms with Gasteiger partial charge in [-0.15, -0.1) is 0 Å². The van der Waals surface area contributed by atoms with E-state index >= 15 is 0 Å². The van der Waals surface area contributed by atoms with Gasteiger partial charge in [-0.2, -0.15) is 0 Å². The molecule has 0 saturated carbocycles. The van der Waals surface area contributed by atoms with E-state index in [1.165, 1.54) is 0 Å². The van der Waals surface area contributed by atoms with Gasteiger partial charge in [0, 0.05) is 19.3 Å². The molecule has 0 amide bonds. The maximum Gasteiger partial charge on any atom is 0.129 e. The van der Waals surface area contributed by atoms with Gasteiger partial charge in [0.2, 0.25) is 0 Å². The molecule has 0 fully saturated rings. The summed E-state index contributed by atoms with van der Waals surface area (Å²) in [7, 11) is 0. The van der Waals surface area contributed by atoms with Crippen LogP contribution in [-0.2, 0) is 6.54 Å². The first-order valence-electron chi connectivity index (χ1n) is 4.14. The normalized spacial score (nSPS) is 10.0. The maximum absolute atomic E-state index is 5.65. The van der Waals surface area contributed by atoms with Crippen LogP contribution in [0.3, 0.4) is 0 Å². The molecule has 2 nitrogen and oxygen atoms in total. The van der Waals surface area contributed by atoms with Crippen molar-refractivity contribution >= 4 is 11.6 Å². The number of aromatic nitrogens is 1. The van der Waals surface area contributed by atoms with Crippen LogP contribution in [0.2, 0.25) is 5.15 Å². The molecule has 0 saturated heterocycles. The lowest BCUT2D eigenvalue weighted by atomic mass is 10.3. The number of nitrogens with zero attached hydrogens (tertiary/aromatic N) is 1. The molecule has 3 heteroatoms. The summed E-state index contributed by atoms with van der Waals surface area (Å²) >= 11 is 5.65. The molecule has 1 heterocycles. The van der Waals surface area contributed by atoms with Gasteiger partial charge in [0.05, 0.1) is 0 Å². The molecule has 0 radical (unpaired) electrons. The van der Waals surface area contributed by atoms with Crippen molar-refractivity contribution in [3.63, 3.8) is 0 Å². The summed E-state index contributed by atoms with van der Waals surface area (Å²) in [6, 6.07) is 3.75. The lowest BCUT2D eigenvalue weighted by molar-refractivity contribution is 0.738. The van der Waals surface area contributed by atoms with Crippen molar-refractivity contribution in [3.05, 3.63) is 41.2 Å². The summed E-state index contributed by atoms with van der Waals surface area (Å²) in [6.45, 7) is 7.43. The number of halogens is 1. The maximum atomic E-state index is 5.65. The van der Waals surface area contributed by atoms with Crippen molar-refractivity contribution in [2.45, 2.75) is 13.5 Å². The molecule has 0 aliphatic heterocycles. The van der Waals surface area contributed by atoms with E-state index in [-0.39, 0.29) is 0 Å². The van der Waals surface area contributed by atoms with Crippen molar-refractivity contribution < 1.29 is 0 Å². The Balaban J connectivity index is 2.37. The lowest BCUT2D eigenvalue weighted by Crippen LogP contribution is -2.15. The highest BCUT2D eigenvalue weighted by atomic mass is 35.5. The molecular weight excluding hydrogens is 184 g/mol. The van der Waals surface area contributed by atoms with Crippen LogP contribution in [0.4, 0.5) is 0 Å². The molecule has 0 aromatic carbocycles. The molecule has 0 bridgehead atoms.